The molecule has 0 aliphatic heterocycles. The van der Waals surface area contributed by atoms with Gasteiger partial charge in [-0.15, -0.1) is 0 Å². The van der Waals surface area contributed by atoms with Gasteiger partial charge in [-0.05, 0) is 41.8 Å². The lowest BCUT2D eigenvalue weighted by Gasteiger charge is -2.02. The Hall–Kier alpha value is -2.62. The number of nitrogens with one attached hydrogen (secondary N) is 1. The topological polar surface area (TPSA) is 42.1 Å². The molecule has 0 bridgehead atoms. The van der Waals surface area contributed by atoms with Gasteiger partial charge in [0, 0.05) is 10.9 Å². The molecule has 0 amide bonds. The van der Waals surface area contributed by atoms with Crippen molar-refractivity contribution in [3.63, 3.8) is 0 Å². The van der Waals surface area contributed by atoms with E-state index in [4.69, 9.17) is 4.74 Å². The Balaban J connectivity index is 2.12. The lowest BCUT2D eigenvalue weighted by atomic mass is 10.0. The summed E-state index contributed by atoms with van der Waals surface area (Å²) in [4.78, 5) is 14.8. The summed E-state index contributed by atoms with van der Waals surface area (Å²) in [7, 11) is 1.36. The Labute approximate surface area is 121 Å². The number of carbonyl (C=O) groups excluding carboxylic acids is 1. The summed E-state index contributed by atoms with van der Waals surface area (Å²) in [5, 5.41) is 0.973. The van der Waals surface area contributed by atoms with Crippen molar-refractivity contribution >= 4 is 16.9 Å². The van der Waals surface area contributed by atoms with Gasteiger partial charge >= 0.3 is 5.97 Å². The number of halogens is 1. The molecule has 1 N–H and O–H groups in total. The maximum atomic E-state index is 13.0. The van der Waals surface area contributed by atoms with Crippen molar-refractivity contribution in [1.82, 2.24) is 4.98 Å². The molecule has 3 rings (SSSR count). The first-order valence-electron chi connectivity index (χ1n) is 6.56. The van der Waals surface area contributed by atoms with Gasteiger partial charge in [-0.2, -0.15) is 0 Å². The highest BCUT2D eigenvalue weighted by molar-refractivity contribution is 5.99. The number of ether oxygens (including phenoxy) is 1. The normalized spacial score (nSPS) is 10.8. The molecule has 106 valence electrons. The predicted molar refractivity (Wildman–Crippen MR) is 79.8 cm³/mol. The number of hydrogen-bond acceptors (Lipinski definition) is 2. The average molecular weight is 283 g/mol. The van der Waals surface area contributed by atoms with Crippen LogP contribution in [0.5, 0.6) is 0 Å². The molecule has 0 fully saturated rings. The zero-order valence-corrected chi connectivity index (χ0v) is 11.7. The van der Waals surface area contributed by atoms with Crippen LogP contribution in [0.2, 0.25) is 0 Å². The third kappa shape index (κ3) is 2.29. The number of aromatic nitrogens is 1. The highest BCUT2D eigenvalue weighted by atomic mass is 19.1. The summed E-state index contributed by atoms with van der Waals surface area (Å²) >= 11 is 0. The third-order valence-electron chi connectivity index (χ3n) is 3.63. The molecular weight excluding hydrogens is 269 g/mol. The van der Waals surface area contributed by atoms with Gasteiger partial charge in [-0.25, -0.2) is 9.18 Å². The third-order valence-corrected chi connectivity index (χ3v) is 3.63. The summed E-state index contributed by atoms with van der Waals surface area (Å²) in [6, 6.07) is 12.2. The Kier molecular flexibility index (Phi) is 3.22. The second kappa shape index (κ2) is 5.05. The number of rotatable bonds is 2. The zero-order chi connectivity index (χ0) is 15.0. The van der Waals surface area contributed by atoms with E-state index in [0.29, 0.717) is 5.69 Å². The Bertz CT molecular complexity index is 819. The van der Waals surface area contributed by atoms with Crippen LogP contribution >= 0.6 is 0 Å². The van der Waals surface area contributed by atoms with Crippen LogP contribution in [-0.2, 0) is 4.74 Å². The Morgan fingerprint density at radius 3 is 2.43 bits per heavy atom. The van der Waals surface area contributed by atoms with Crippen LogP contribution in [0.15, 0.2) is 42.5 Å². The zero-order valence-electron chi connectivity index (χ0n) is 11.7. The van der Waals surface area contributed by atoms with Gasteiger partial charge in [0.2, 0.25) is 0 Å². The van der Waals surface area contributed by atoms with Crippen molar-refractivity contribution in [3.05, 3.63) is 59.5 Å². The molecule has 0 aliphatic carbocycles. The van der Waals surface area contributed by atoms with Crippen LogP contribution in [0.4, 0.5) is 4.39 Å². The van der Waals surface area contributed by atoms with E-state index in [1.54, 1.807) is 12.1 Å². The van der Waals surface area contributed by atoms with Crippen LogP contribution in [0, 0.1) is 12.7 Å². The van der Waals surface area contributed by atoms with E-state index in [1.165, 1.54) is 19.2 Å². The van der Waals surface area contributed by atoms with E-state index in [-0.39, 0.29) is 11.8 Å². The van der Waals surface area contributed by atoms with E-state index in [0.717, 1.165) is 27.6 Å². The predicted octanol–water partition coefficient (Wildman–Crippen LogP) is 4.07. The van der Waals surface area contributed by atoms with E-state index in [1.807, 2.05) is 25.1 Å². The van der Waals surface area contributed by atoms with Crippen molar-refractivity contribution in [2.24, 2.45) is 0 Å². The fraction of sp³-hybridized carbons (Fsp3) is 0.118. The van der Waals surface area contributed by atoms with Crippen LogP contribution < -0.4 is 0 Å². The molecule has 0 unspecified atom stereocenters. The fourth-order valence-corrected chi connectivity index (χ4v) is 2.47. The number of fused-ring (bicyclic) bond motifs is 1. The summed E-state index contributed by atoms with van der Waals surface area (Å²) < 4.78 is 17.7. The number of hydrogen-bond donors (Lipinski definition) is 1. The van der Waals surface area contributed by atoms with Crippen molar-refractivity contribution < 1.29 is 13.9 Å². The van der Waals surface area contributed by atoms with Crippen molar-refractivity contribution in [2.45, 2.75) is 6.92 Å². The minimum atomic E-state index is -0.382. The number of carbonyl (C=O) groups is 1. The quantitative estimate of drug-likeness (QED) is 0.720. The molecule has 0 saturated carbocycles. The maximum absolute atomic E-state index is 13.0. The lowest BCUT2D eigenvalue weighted by molar-refractivity contribution is 0.0594. The van der Waals surface area contributed by atoms with Gasteiger partial charge in [0.25, 0.3) is 0 Å². The van der Waals surface area contributed by atoms with Crippen LogP contribution in [-0.4, -0.2) is 18.1 Å². The first-order chi connectivity index (χ1) is 10.1. The van der Waals surface area contributed by atoms with Crippen LogP contribution in [0.25, 0.3) is 22.0 Å². The summed E-state index contributed by atoms with van der Waals surface area (Å²) in [6.45, 7) is 1.88. The second-order valence-corrected chi connectivity index (χ2v) is 4.88. The van der Waals surface area contributed by atoms with Gasteiger partial charge in [-0.1, -0.05) is 24.3 Å². The lowest BCUT2D eigenvalue weighted by Crippen LogP contribution is -2.02. The van der Waals surface area contributed by atoms with Gasteiger partial charge < -0.3 is 9.72 Å². The summed E-state index contributed by atoms with van der Waals surface area (Å²) in [5.74, 6) is -0.643. The van der Waals surface area contributed by atoms with Crippen LogP contribution in [0.1, 0.15) is 16.1 Å². The monoisotopic (exact) mass is 283 g/mol. The van der Waals surface area contributed by atoms with E-state index < -0.39 is 0 Å². The molecule has 21 heavy (non-hydrogen) atoms. The van der Waals surface area contributed by atoms with Crippen molar-refractivity contribution in [3.8, 4) is 11.1 Å². The first-order valence-corrected chi connectivity index (χ1v) is 6.56. The molecule has 1 aromatic heterocycles. The van der Waals surface area contributed by atoms with Crippen molar-refractivity contribution in [2.75, 3.05) is 7.11 Å². The van der Waals surface area contributed by atoms with Gasteiger partial charge in [0.15, 0.2) is 0 Å². The number of aromatic amines is 1. The molecule has 0 spiro atoms. The number of H-pyrrole nitrogens is 1. The van der Waals surface area contributed by atoms with Gasteiger partial charge in [0.1, 0.15) is 11.5 Å². The van der Waals surface area contributed by atoms with Gasteiger partial charge in [0.05, 0.1) is 7.11 Å². The van der Waals surface area contributed by atoms with Crippen molar-refractivity contribution in [1.29, 1.82) is 0 Å². The average Bonchev–Trinajstić information content (AvgIpc) is 2.84. The summed E-state index contributed by atoms with van der Waals surface area (Å²) in [5.41, 5.74) is 4.06. The Morgan fingerprint density at radius 1 is 1.10 bits per heavy atom. The highest BCUT2D eigenvalue weighted by Gasteiger charge is 2.15. The highest BCUT2D eigenvalue weighted by Crippen LogP contribution is 2.28. The minimum Gasteiger partial charge on any atom is -0.464 e. The summed E-state index contributed by atoms with van der Waals surface area (Å²) in [6.07, 6.45) is 0. The second-order valence-electron chi connectivity index (χ2n) is 4.88. The van der Waals surface area contributed by atoms with E-state index in [9.17, 15) is 9.18 Å². The number of methoxy groups -OCH3 is 1. The molecule has 3 nitrogen and oxygen atoms in total. The molecular formula is C17H14FNO2. The van der Waals surface area contributed by atoms with E-state index >= 15 is 0 Å². The van der Waals surface area contributed by atoms with Gasteiger partial charge in [-0.3, -0.25) is 0 Å². The van der Waals surface area contributed by atoms with Crippen LogP contribution in [0.3, 0.4) is 0 Å². The molecule has 4 heteroatoms. The standard InChI is InChI=1S/C17H14FNO2/c1-10-14-8-5-12(11-3-6-13(18)7-4-11)9-15(14)19-16(10)17(20)21-2/h3-9,19H,1-2H3. The molecule has 0 radical (unpaired) electrons. The number of benzene rings is 2. The number of aryl methyl sites for hydroxylation is 1. The van der Waals surface area contributed by atoms with E-state index in [2.05, 4.69) is 4.98 Å². The molecule has 3 aromatic rings. The maximum Gasteiger partial charge on any atom is 0.354 e. The molecule has 0 saturated heterocycles. The minimum absolute atomic E-state index is 0.261. The fourth-order valence-electron chi connectivity index (χ4n) is 2.47. The largest absolute Gasteiger partial charge is 0.464 e. The smallest absolute Gasteiger partial charge is 0.354 e. The number of esters is 1. The molecule has 2 aromatic carbocycles. The molecule has 0 atom stereocenters. The SMILES string of the molecule is COC(=O)c1[nH]c2cc(-c3ccc(F)cc3)ccc2c1C. The Morgan fingerprint density at radius 2 is 1.76 bits per heavy atom. The molecule has 0 aliphatic rings. The molecule has 1 heterocycles. The first kappa shape index (κ1) is 13.4.